The SMILES string of the molecule is CCc1nnc(Sc2nc(C)nc3scc(-c4ccccc4)c23)n1N. The van der Waals surface area contributed by atoms with Crippen LogP contribution in [0.25, 0.3) is 21.3 Å². The fourth-order valence-corrected chi connectivity index (χ4v) is 4.62. The van der Waals surface area contributed by atoms with E-state index in [9.17, 15) is 0 Å². The molecule has 0 unspecified atom stereocenters. The van der Waals surface area contributed by atoms with Crippen LogP contribution in [-0.4, -0.2) is 24.8 Å². The summed E-state index contributed by atoms with van der Waals surface area (Å²) >= 11 is 3.05. The van der Waals surface area contributed by atoms with Crippen LogP contribution in [0.4, 0.5) is 0 Å². The third-order valence-corrected chi connectivity index (χ3v) is 5.66. The van der Waals surface area contributed by atoms with E-state index in [2.05, 4.69) is 37.7 Å². The molecule has 0 spiro atoms. The molecule has 0 radical (unpaired) electrons. The van der Waals surface area contributed by atoms with Crippen molar-refractivity contribution < 1.29 is 0 Å². The van der Waals surface area contributed by atoms with Gasteiger partial charge in [-0.05, 0) is 24.2 Å². The van der Waals surface area contributed by atoms with Crippen LogP contribution in [0.1, 0.15) is 18.6 Å². The van der Waals surface area contributed by atoms with E-state index in [1.807, 2.05) is 32.0 Å². The molecule has 0 saturated carbocycles. The van der Waals surface area contributed by atoms with Gasteiger partial charge in [0.2, 0.25) is 5.16 Å². The fourth-order valence-electron chi connectivity index (χ4n) is 2.62. The van der Waals surface area contributed by atoms with Gasteiger partial charge in [0.25, 0.3) is 0 Å². The Hall–Kier alpha value is -2.45. The molecule has 0 atom stereocenters. The van der Waals surface area contributed by atoms with Gasteiger partial charge in [0.15, 0.2) is 5.82 Å². The van der Waals surface area contributed by atoms with Crippen molar-refractivity contribution in [2.45, 2.75) is 30.5 Å². The molecule has 0 amide bonds. The first-order valence-corrected chi connectivity index (χ1v) is 9.55. The number of nitrogens with zero attached hydrogens (tertiary/aromatic N) is 5. The second-order valence-electron chi connectivity index (χ2n) is 5.50. The van der Waals surface area contributed by atoms with E-state index < -0.39 is 0 Å². The Morgan fingerprint density at radius 2 is 1.96 bits per heavy atom. The maximum atomic E-state index is 6.10. The molecule has 3 aromatic heterocycles. The topological polar surface area (TPSA) is 82.5 Å². The van der Waals surface area contributed by atoms with Crippen LogP contribution in [0.5, 0.6) is 0 Å². The van der Waals surface area contributed by atoms with E-state index in [-0.39, 0.29) is 0 Å². The lowest BCUT2D eigenvalue weighted by atomic mass is 10.1. The molecule has 126 valence electrons. The first-order chi connectivity index (χ1) is 12.2. The lowest BCUT2D eigenvalue weighted by Crippen LogP contribution is -2.13. The lowest BCUT2D eigenvalue weighted by Gasteiger charge is -2.06. The molecule has 2 N–H and O–H groups in total. The van der Waals surface area contributed by atoms with Gasteiger partial charge in [0.05, 0.1) is 5.39 Å². The van der Waals surface area contributed by atoms with Crippen molar-refractivity contribution in [3.8, 4) is 11.1 Å². The van der Waals surface area contributed by atoms with Gasteiger partial charge in [-0.15, -0.1) is 21.5 Å². The smallest absolute Gasteiger partial charge is 0.216 e. The number of aryl methyl sites for hydroxylation is 2. The minimum atomic E-state index is 0.626. The highest BCUT2D eigenvalue weighted by molar-refractivity contribution is 7.99. The second-order valence-corrected chi connectivity index (χ2v) is 7.31. The van der Waals surface area contributed by atoms with Crippen molar-refractivity contribution in [1.29, 1.82) is 0 Å². The van der Waals surface area contributed by atoms with Crippen LogP contribution in [-0.2, 0) is 6.42 Å². The van der Waals surface area contributed by atoms with Crippen molar-refractivity contribution >= 4 is 33.3 Å². The predicted molar refractivity (Wildman–Crippen MR) is 101 cm³/mol. The molecule has 25 heavy (non-hydrogen) atoms. The molecule has 0 aliphatic heterocycles. The van der Waals surface area contributed by atoms with Gasteiger partial charge in [0, 0.05) is 17.4 Å². The summed E-state index contributed by atoms with van der Waals surface area (Å²) in [7, 11) is 0. The normalized spacial score (nSPS) is 11.3. The zero-order valence-electron chi connectivity index (χ0n) is 13.8. The highest BCUT2D eigenvalue weighted by Crippen LogP contribution is 2.39. The number of nitrogen functional groups attached to an aromatic ring is 1. The van der Waals surface area contributed by atoms with Gasteiger partial charge in [-0.25, -0.2) is 14.6 Å². The molecule has 1 aromatic carbocycles. The number of hydrogen-bond acceptors (Lipinski definition) is 7. The Bertz CT molecular complexity index is 1040. The summed E-state index contributed by atoms with van der Waals surface area (Å²) in [5.41, 5.74) is 2.27. The zero-order valence-corrected chi connectivity index (χ0v) is 15.4. The van der Waals surface area contributed by atoms with Crippen molar-refractivity contribution in [1.82, 2.24) is 24.8 Å². The number of benzene rings is 1. The van der Waals surface area contributed by atoms with Crippen molar-refractivity contribution in [3.05, 3.63) is 47.4 Å². The molecule has 6 nitrogen and oxygen atoms in total. The van der Waals surface area contributed by atoms with E-state index in [0.717, 1.165) is 44.4 Å². The number of rotatable bonds is 4. The van der Waals surface area contributed by atoms with Gasteiger partial charge >= 0.3 is 0 Å². The molecule has 3 heterocycles. The first-order valence-electron chi connectivity index (χ1n) is 7.86. The van der Waals surface area contributed by atoms with Gasteiger partial charge in [-0.1, -0.05) is 37.3 Å². The van der Waals surface area contributed by atoms with Crippen LogP contribution in [0.15, 0.2) is 45.9 Å². The van der Waals surface area contributed by atoms with Crippen LogP contribution in [0, 0.1) is 6.92 Å². The van der Waals surface area contributed by atoms with Gasteiger partial charge in [-0.3, -0.25) is 0 Å². The summed E-state index contributed by atoms with van der Waals surface area (Å²) < 4.78 is 1.53. The number of nitrogens with two attached hydrogens (primary N) is 1. The molecule has 0 aliphatic rings. The molecular weight excluding hydrogens is 352 g/mol. The van der Waals surface area contributed by atoms with Gasteiger partial charge in [0.1, 0.15) is 15.7 Å². The third kappa shape index (κ3) is 2.87. The molecule has 4 aromatic rings. The quantitative estimate of drug-likeness (QED) is 0.437. The predicted octanol–water partition coefficient (Wildman–Crippen LogP) is 3.69. The summed E-state index contributed by atoms with van der Waals surface area (Å²) in [4.78, 5) is 10.2. The third-order valence-electron chi connectivity index (χ3n) is 3.84. The van der Waals surface area contributed by atoms with Gasteiger partial charge < -0.3 is 5.84 Å². The standard InChI is InChI=1S/C17H16N6S2/c1-3-13-21-22-17(23(13)18)25-16-14-12(11-7-5-4-6-8-11)9-24-15(14)19-10(2)20-16/h4-9H,3,18H2,1-2H3. The van der Waals surface area contributed by atoms with E-state index >= 15 is 0 Å². The maximum absolute atomic E-state index is 6.10. The van der Waals surface area contributed by atoms with E-state index in [1.54, 1.807) is 11.3 Å². The minimum Gasteiger partial charge on any atom is -0.336 e. The molecular formula is C17H16N6S2. The lowest BCUT2D eigenvalue weighted by molar-refractivity contribution is 0.795. The number of hydrogen-bond donors (Lipinski definition) is 1. The minimum absolute atomic E-state index is 0.626. The average molecular weight is 368 g/mol. The summed E-state index contributed by atoms with van der Waals surface area (Å²) in [6.07, 6.45) is 0.732. The fraction of sp³-hybridized carbons (Fsp3) is 0.176. The highest BCUT2D eigenvalue weighted by Gasteiger charge is 2.18. The number of aromatic nitrogens is 5. The molecule has 4 rings (SSSR count). The number of thiophene rings is 1. The van der Waals surface area contributed by atoms with E-state index in [1.165, 1.54) is 16.4 Å². The Kier molecular flexibility index (Phi) is 4.14. The second kappa shape index (κ2) is 6.45. The summed E-state index contributed by atoms with van der Waals surface area (Å²) in [5, 5.41) is 13.0. The highest BCUT2D eigenvalue weighted by atomic mass is 32.2. The molecule has 0 fully saturated rings. The van der Waals surface area contributed by atoms with E-state index in [4.69, 9.17) is 5.84 Å². The van der Waals surface area contributed by atoms with Crippen molar-refractivity contribution in [3.63, 3.8) is 0 Å². The van der Waals surface area contributed by atoms with Crippen LogP contribution < -0.4 is 5.84 Å². The Labute approximate surface area is 153 Å². The van der Waals surface area contributed by atoms with E-state index in [0.29, 0.717) is 5.16 Å². The van der Waals surface area contributed by atoms with Crippen molar-refractivity contribution in [2.24, 2.45) is 0 Å². The zero-order chi connectivity index (χ0) is 17.4. The summed E-state index contributed by atoms with van der Waals surface area (Å²) in [6.45, 7) is 3.90. The van der Waals surface area contributed by atoms with Crippen molar-refractivity contribution in [2.75, 3.05) is 5.84 Å². The maximum Gasteiger partial charge on any atom is 0.216 e. The monoisotopic (exact) mass is 368 g/mol. The molecule has 8 heteroatoms. The average Bonchev–Trinajstić information content (AvgIpc) is 3.20. The molecule has 0 aliphatic carbocycles. The van der Waals surface area contributed by atoms with Crippen LogP contribution >= 0.6 is 23.1 Å². The Morgan fingerprint density at radius 3 is 2.68 bits per heavy atom. The first kappa shape index (κ1) is 16.0. The summed E-state index contributed by atoms with van der Waals surface area (Å²) in [6, 6.07) is 10.3. The molecule has 0 bridgehead atoms. The van der Waals surface area contributed by atoms with Gasteiger partial charge in [-0.2, -0.15) is 0 Å². The van der Waals surface area contributed by atoms with Crippen LogP contribution in [0.2, 0.25) is 0 Å². The summed E-state index contributed by atoms with van der Waals surface area (Å²) in [5.74, 6) is 7.58. The Balaban J connectivity index is 1.87. The molecule has 0 saturated heterocycles. The Morgan fingerprint density at radius 1 is 1.16 bits per heavy atom. The van der Waals surface area contributed by atoms with Crippen LogP contribution in [0.3, 0.4) is 0 Å². The largest absolute Gasteiger partial charge is 0.336 e. The number of fused-ring (bicyclic) bond motifs is 1.